The maximum absolute atomic E-state index is 10.6. The van der Waals surface area contributed by atoms with Crippen LogP contribution in [0.4, 0.5) is 0 Å². The molecule has 3 aliphatic rings. The van der Waals surface area contributed by atoms with Crippen LogP contribution in [0.2, 0.25) is 0 Å². The lowest BCUT2D eigenvalue weighted by Crippen LogP contribution is -2.52. The van der Waals surface area contributed by atoms with Crippen molar-refractivity contribution in [2.75, 3.05) is 39.3 Å². The van der Waals surface area contributed by atoms with Crippen LogP contribution in [-0.2, 0) is 0 Å². The molecule has 0 unspecified atom stereocenters. The number of β-amino-alcohol motifs (C(OH)–C–C–N with tert-alkyl or cyclic N) is 1. The predicted molar refractivity (Wildman–Crippen MR) is 73.6 cm³/mol. The topological polar surface area (TPSA) is 26.7 Å². The summed E-state index contributed by atoms with van der Waals surface area (Å²) in [5.74, 6) is 1.01. The predicted octanol–water partition coefficient (Wildman–Crippen LogP) is 1.71. The summed E-state index contributed by atoms with van der Waals surface area (Å²) in [4.78, 5) is 5.12. The van der Waals surface area contributed by atoms with Crippen LogP contribution in [0.25, 0.3) is 0 Å². The van der Waals surface area contributed by atoms with Crippen LogP contribution in [0, 0.1) is 5.92 Å². The SMILES string of the molecule is OC1(CN2CCN(CC3CC3)CC2)CCCCC1. The molecular formula is C15H28N2O. The molecule has 0 bridgehead atoms. The van der Waals surface area contributed by atoms with Crippen LogP contribution in [0.3, 0.4) is 0 Å². The first-order valence-corrected chi connectivity index (χ1v) is 7.91. The van der Waals surface area contributed by atoms with E-state index in [4.69, 9.17) is 0 Å². The molecule has 0 atom stereocenters. The first-order chi connectivity index (χ1) is 8.73. The standard InChI is InChI=1S/C15H28N2O/c18-15(6-2-1-3-7-15)13-17-10-8-16(9-11-17)12-14-4-5-14/h14,18H,1-13H2. The molecular weight excluding hydrogens is 224 g/mol. The number of hydrogen-bond acceptors (Lipinski definition) is 3. The van der Waals surface area contributed by atoms with E-state index in [0.29, 0.717) is 0 Å². The fourth-order valence-electron chi connectivity index (χ4n) is 3.58. The minimum atomic E-state index is -0.364. The van der Waals surface area contributed by atoms with Crippen molar-refractivity contribution < 1.29 is 5.11 Å². The normalized spacial score (nSPS) is 30.5. The van der Waals surface area contributed by atoms with Gasteiger partial charge in [0, 0.05) is 39.3 Å². The Balaban J connectivity index is 1.41. The van der Waals surface area contributed by atoms with Crippen LogP contribution in [0.15, 0.2) is 0 Å². The maximum Gasteiger partial charge on any atom is 0.0774 e. The van der Waals surface area contributed by atoms with Gasteiger partial charge in [-0.1, -0.05) is 19.3 Å². The van der Waals surface area contributed by atoms with Crippen LogP contribution >= 0.6 is 0 Å². The summed E-state index contributed by atoms with van der Waals surface area (Å²) in [5, 5.41) is 10.6. The third-order valence-corrected chi connectivity index (χ3v) is 4.98. The average Bonchev–Trinajstić information content (AvgIpc) is 3.16. The fourth-order valence-corrected chi connectivity index (χ4v) is 3.58. The zero-order chi connectivity index (χ0) is 12.4. The second kappa shape index (κ2) is 5.48. The summed E-state index contributed by atoms with van der Waals surface area (Å²) in [7, 11) is 0. The van der Waals surface area contributed by atoms with Gasteiger partial charge < -0.3 is 10.0 Å². The van der Waals surface area contributed by atoms with Crippen molar-refractivity contribution in [3.05, 3.63) is 0 Å². The zero-order valence-corrected chi connectivity index (χ0v) is 11.6. The summed E-state index contributed by atoms with van der Waals surface area (Å²) < 4.78 is 0. The summed E-state index contributed by atoms with van der Waals surface area (Å²) in [5.41, 5.74) is -0.364. The Bertz CT molecular complexity index is 264. The molecule has 2 saturated carbocycles. The lowest BCUT2D eigenvalue weighted by Gasteiger charge is -2.41. The zero-order valence-electron chi connectivity index (χ0n) is 11.6. The molecule has 0 radical (unpaired) electrons. The van der Waals surface area contributed by atoms with Crippen molar-refractivity contribution in [1.82, 2.24) is 9.80 Å². The first-order valence-electron chi connectivity index (χ1n) is 7.91. The van der Waals surface area contributed by atoms with Crippen LogP contribution in [-0.4, -0.2) is 59.8 Å². The number of aliphatic hydroxyl groups is 1. The van der Waals surface area contributed by atoms with Gasteiger partial charge in [-0.2, -0.15) is 0 Å². The lowest BCUT2D eigenvalue weighted by atomic mass is 9.84. The number of nitrogens with zero attached hydrogens (tertiary/aromatic N) is 2. The van der Waals surface area contributed by atoms with Gasteiger partial charge >= 0.3 is 0 Å². The fraction of sp³-hybridized carbons (Fsp3) is 1.00. The monoisotopic (exact) mass is 252 g/mol. The molecule has 104 valence electrons. The smallest absolute Gasteiger partial charge is 0.0774 e. The van der Waals surface area contributed by atoms with Gasteiger partial charge in [0.2, 0.25) is 0 Å². The molecule has 3 rings (SSSR count). The van der Waals surface area contributed by atoms with Crippen molar-refractivity contribution in [2.24, 2.45) is 5.92 Å². The van der Waals surface area contributed by atoms with E-state index in [2.05, 4.69) is 9.80 Å². The third-order valence-electron chi connectivity index (χ3n) is 4.98. The van der Waals surface area contributed by atoms with E-state index in [1.807, 2.05) is 0 Å². The lowest BCUT2D eigenvalue weighted by molar-refractivity contribution is -0.0357. The van der Waals surface area contributed by atoms with Gasteiger partial charge in [0.15, 0.2) is 0 Å². The van der Waals surface area contributed by atoms with Crippen molar-refractivity contribution in [2.45, 2.75) is 50.5 Å². The number of piperazine rings is 1. The third kappa shape index (κ3) is 3.46. The summed E-state index contributed by atoms with van der Waals surface area (Å²) in [6.45, 7) is 7.01. The Morgan fingerprint density at radius 1 is 0.889 bits per heavy atom. The van der Waals surface area contributed by atoms with Crippen molar-refractivity contribution in [3.8, 4) is 0 Å². The molecule has 3 fully saturated rings. The van der Waals surface area contributed by atoms with E-state index in [-0.39, 0.29) is 5.60 Å². The van der Waals surface area contributed by atoms with E-state index < -0.39 is 0 Å². The van der Waals surface area contributed by atoms with Crippen molar-refractivity contribution >= 4 is 0 Å². The first kappa shape index (κ1) is 12.9. The highest BCUT2D eigenvalue weighted by atomic mass is 16.3. The van der Waals surface area contributed by atoms with Gasteiger partial charge in [-0.15, -0.1) is 0 Å². The van der Waals surface area contributed by atoms with E-state index in [9.17, 15) is 5.11 Å². The molecule has 0 aromatic carbocycles. The van der Waals surface area contributed by atoms with Crippen molar-refractivity contribution in [1.29, 1.82) is 0 Å². The molecule has 0 aromatic heterocycles. The highest BCUT2D eigenvalue weighted by molar-refractivity contribution is 4.88. The summed E-state index contributed by atoms with van der Waals surface area (Å²) >= 11 is 0. The Morgan fingerprint density at radius 3 is 2.11 bits per heavy atom. The van der Waals surface area contributed by atoms with Gasteiger partial charge in [-0.3, -0.25) is 4.90 Å². The molecule has 3 nitrogen and oxygen atoms in total. The van der Waals surface area contributed by atoms with Crippen LogP contribution < -0.4 is 0 Å². The molecule has 1 heterocycles. The molecule has 3 heteroatoms. The molecule has 0 spiro atoms. The largest absolute Gasteiger partial charge is 0.389 e. The van der Waals surface area contributed by atoms with E-state index in [0.717, 1.165) is 38.4 Å². The highest BCUT2D eigenvalue weighted by Crippen LogP contribution is 2.31. The second-order valence-electron chi connectivity index (χ2n) is 6.81. The molecule has 0 aromatic rings. The highest BCUT2D eigenvalue weighted by Gasteiger charge is 2.33. The van der Waals surface area contributed by atoms with Crippen LogP contribution in [0.1, 0.15) is 44.9 Å². The number of rotatable bonds is 4. The Hall–Kier alpha value is -0.120. The van der Waals surface area contributed by atoms with E-state index in [1.54, 1.807) is 0 Å². The minimum absolute atomic E-state index is 0.364. The molecule has 2 aliphatic carbocycles. The van der Waals surface area contributed by atoms with Gasteiger partial charge in [0.1, 0.15) is 0 Å². The minimum Gasteiger partial charge on any atom is -0.389 e. The van der Waals surface area contributed by atoms with Gasteiger partial charge in [-0.05, 0) is 31.6 Å². The van der Waals surface area contributed by atoms with Gasteiger partial charge in [0.05, 0.1) is 5.60 Å². The molecule has 1 saturated heterocycles. The molecule has 1 aliphatic heterocycles. The maximum atomic E-state index is 10.6. The number of hydrogen-bond donors (Lipinski definition) is 1. The Kier molecular flexibility index (Phi) is 3.92. The van der Waals surface area contributed by atoms with Crippen molar-refractivity contribution in [3.63, 3.8) is 0 Å². The Morgan fingerprint density at radius 2 is 1.50 bits per heavy atom. The Labute approximate surface area is 111 Å². The second-order valence-corrected chi connectivity index (χ2v) is 6.81. The summed E-state index contributed by atoms with van der Waals surface area (Å²) in [6.07, 6.45) is 8.72. The van der Waals surface area contributed by atoms with Gasteiger partial charge in [0.25, 0.3) is 0 Å². The van der Waals surface area contributed by atoms with E-state index >= 15 is 0 Å². The quantitative estimate of drug-likeness (QED) is 0.825. The van der Waals surface area contributed by atoms with Crippen LogP contribution in [0.5, 0.6) is 0 Å². The average molecular weight is 252 g/mol. The van der Waals surface area contributed by atoms with Gasteiger partial charge in [-0.25, -0.2) is 0 Å². The molecule has 1 N–H and O–H groups in total. The molecule has 18 heavy (non-hydrogen) atoms. The van der Waals surface area contributed by atoms with E-state index in [1.165, 1.54) is 51.7 Å². The molecule has 0 amide bonds. The summed E-state index contributed by atoms with van der Waals surface area (Å²) in [6, 6.07) is 0.